The molecule has 3 rings (SSSR count). The van der Waals surface area contributed by atoms with Crippen molar-refractivity contribution >= 4 is 29.3 Å². The van der Waals surface area contributed by atoms with Gasteiger partial charge in [0.15, 0.2) is 11.6 Å². The topological polar surface area (TPSA) is 114 Å². The maximum Gasteiger partial charge on any atom is 0.407 e. The lowest BCUT2D eigenvalue weighted by Gasteiger charge is -2.20. The molecule has 4 N–H and O–H groups in total. The molecule has 2 amide bonds. The number of ether oxygens (including phenoxy) is 2. The van der Waals surface area contributed by atoms with Gasteiger partial charge in [0.1, 0.15) is 5.82 Å². The molecule has 2 heterocycles. The molecule has 1 aromatic heterocycles. The summed E-state index contributed by atoms with van der Waals surface area (Å²) in [6.45, 7) is 4.68. The number of pyridine rings is 1. The number of aryl methyl sites for hydroxylation is 1. The average molecular weight is 460 g/mol. The minimum atomic E-state index is -0.611. The highest BCUT2D eigenvalue weighted by Gasteiger charge is 2.30. The van der Waals surface area contributed by atoms with Gasteiger partial charge in [0.25, 0.3) is 5.91 Å². The van der Waals surface area contributed by atoms with Crippen LogP contribution in [0.3, 0.4) is 0 Å². The summed E-state index contributed by atoms with van der Waals surface area (Å²) in [5.74, 6) is -0.765. The standard InChI is InChI=1S/C23H30FN5O4/c1-4-5-9-33-23(31)28-16(13-32-3)11-25-21-19(24)17-12-26-22(30)18(17)20(29-21)27-15-8-6-7-14(2)10-15/h6-8,10,16H,4-5,9,11-13H2,1-3H3,(H,26,30)(H,28,31)(H2,25,27,29)/t16-/m1/s1. The Hall–Kier alpha value is -3.40. The number of unbranched alkanes of at least 4 members (excludes halogenated alkanes) is 1. The van der Waals surface area contributed by atoms with Gasteiger partial charge in [-0.05, 0) is 31.0 Å². The predicted octanol–water partition coefficient (Wildman–Crippen LogP) is 3.47. The van der Waals surface area contributed by atoms with Crippen molar-refractivity contribution in [2.45, 2.75) is 39.3 Å². The number of anilines is 3. The van der Waals surface area contributed by atoms with E-state index < -0.39 is 18.0 Å². The van der Waals surface area contributed by atoms with E-state index in [1.165, 1.54) is 7.11 Å². The molecule has 0 fully saturated rings. The Morgan fingerprint density at radius 3 is 2.88 bits per heavy atom. The monoisotopic (exact) mass is 459 g/mol. The lowest BCUT2D eigenvalue weighted by molar-refractivity contribution is 0.0966. The van der Waals surface area contributed by atoms with Crippen LogP contribution in [0.25, 0.3) is 0 Å². The van der Waals surface area contributed by atoms with Crippen molar-refractivity contribution in [3.63, 3.8) is 0 Å². The molecular formula is C23H30FN5O4. The minimum Gasteiger partial charge on any atom is -0.450 e. The van der Waals surface area contributed by atoms with Crippen molar-refractivity contribution in [3.8, 4) is 0 Å². The number of aromatic nitrogens is 1. The molecule has 1 aliphatic heterocycles. The number of hydrogen-bond donors (Lipinski definition) is 4. The van der Waals surface area contributed by atoms with Gasteiger partial charge in [0, 0.05) is 31.5 Å². The van der Waals surface area contributed by atoms with Gasteiger partial charge in [-0.2, -0.15) is 0 Å². The first kappa shape index (κ1) is 24.2. The van der Waals surface area contributed by atoms with Gasteiger partial charge in [-0.1, -0.05) is 25.5 Å². The van der Waals surface area contributed by atoms with Gasteiger partial charge < -0.3 is 30.7 Å². The van der Waals surface area contributed by atoms with Crippen LogP contribution in [0.15, 0.2) is 24.3 Å². The molecule has 0 saturated carbocycles. The first-order valence-corrected chi connectivity index (χ1v) is 10.9. The maximum atomic E-state index is 15.1. The van der Waals surface area contributed by atoms with Crippen LogP contribution in [0.1, 0.15) is 41.3 Å². The number of hydrogen-bond acceptors (Lipinski definition) is 7. The lowest BCUT2D eigenvalue weighted by atomic mass is 10.1. The molecule has 1 aliphatic rings. The van der Waals surface area contributed by atoms with Crippen molar-refractivity contribution in [2.75, 3.05) is 37.5 Å². The number of rotatable bonds is 11. The number of methoxy groups -OCH3 is 1. The summed E-state index contributed by atoms with van der Waals surface area (Å²) in [6.07, 6.45) is 1.12. The Morgan fingerprint density at radius 1 is 1.33 bits per heavy atom. The number of nitrogens with zero attached hydrogens (tertiary/aromatic N) is 1. The number of carbonyl (C=O) groups excluding carboxylic acids is 2. The van der Waals surface area contributed by atoms with Gasteiger partial charge in [0.2, 0.25) is 0 Å². The molecule has 9 nitrogen and oxygen atoms in total. The Kier molecular flexibility index (Phi) is 8.42. The van der Waals surface area contributed by atoms with E-state index in [1.54, 1.807) is 0 Å². The maximum absolute atomic E-state index is 15.1. The number of halogens is 1. The largest absolute Gasteiger partial charge is 0.450 e. The number of alkyl carbamates (subject to hydrolysis) is 1. The van der Waals surface area contributed by atoms with E-state index in [2.05, 4.69) is 26.3 Å². The molecule has 1 aromatic carbocycles. The van der Waals surface area contributed by atoms with E-state index in [0.717, 1.165) is 24.1 Å². The summed E-state index contributed by atoms with van der Waals surface area (Å²) in [6, 6.07) is 7.09. The molecular weight excluding hydrogens is 429 g/mol. The van der Waals surface area contributed by atoms with E-state index >= 15 is 4.39 Å². The number of fused-ring (bicyclic) bond motifs is 1. The number of benzene rings is 1. The molecule has 33 heavy (non-hydrogen) atoms. The molecule has 10 heteroatoms. The Bertz CT molecular complexity index is 1000. The zero-order valence-electron chi connectivity index (χ0n) is 19.1. The van der Waals surface area contributed by atoms with Gasteiger partial charge in [-0.15, -0.1) is 0 Å². The second-order valence-corrected chi connectivity index (χ2v) is 7.82. The van der Waals surface area contributed by atoms with Crippen molar-refractivity contribution < 1.29 is 23.5 Å². The predicted molar refractivity (Wildman–Crippen MR) is 123 cm³/mol. The van der Waals surface area contributed by atoms with Crippen LogP contribution in [0.4, 0.5) is 26.5 Å². The van der Waals surface area contributed by atoms with Crippen LogP contribution in [0.2, 0.25) is 0 Å². The van der Waals surface area contributed by atoms with E-state index in [-0.39, 0.29) is 48.4 Å². The molecule has 0 spiro atoms. The molecule has 1 atom stereocenters. The third-order valence-corrected chi connectivity index (χ3v) is 5.11. The highest BCUT2D eigenvalue weighted by Crippen LogP contribution is 2.31. The van der Waals surface area contributed by atoms with Gasteiger partial charge in [-0.25, -0.2) is 14.2 Å². The van der Waals surface area contributed by atoms with Crippen molar-refractivity contribution in [3.05, 3.63) is 46.8 Å². The van der Waals surface area contributed by atoms with Gasteiger partial charge in [-0.3, -0.25) is 4.79 Å². The molecule has 0 radical (unpaired) electrons. The third-order valence-electron chi connectivity index (χ3n) is 5.11. The lowest BCUT2D eigenvalue weighted by Crippen LogP contribution is -2.43. The zero-order chi connectivity index (χ0) is 23.8. The van der Waals surface area contributed by atoms with Crippen LogP contribution < -0.4 is 21.3 Å². The molecule has 0 saturated heterocycles. The fourth-order valence-corrected chi connectivity index (χ4v) is 3.44. The summed E-state index contributed by atoms with van der Waals surface area (Å²) in [5, 5.41) is 11.4. The minimum absolute atomic E-state index is 0.0253. The summed E-state index contributed by atoms with van der Waals surface area (Å²) in [4.78, 5) is 28.7. The number of nitrogens with one attached hydrogen (secondary N) is 4. The normalized spacial score (nSPS) is 13.2. The number of amides is 2. The second-order valence-electron chi connectivity index (χ2n) is 7.82. The van der Waals surface area contributed by atoms with Gasteiger partial charge >= 0.3 is 6.09 Å². The molecule has 0 bridgehead atoms. The molecule has 2 aromatic rings. The van der Waals surface area contributed by atoms with E-state index in [1.807, 2.05) is 38.1 Å². The smallest absolute Gasteiger partial charge is 0.407 e. The summed E-state index contributed by atoms with van der Waals surface area (Å²) in [5.41, 5.74) is 2.19. The highest BCUT2D eigenvalue weighted by molar-refractivity contribution is 6.03. The number of carbonyl (C=O) groups is 2. The van der Waals surface area contributed by atoms with Crippen molar-refractivity contribution in [2.24, 2.45) is 0 Å². The van der Waals surface area contributed by atoms with E-state index in [4.69, 9.17) is 9.47 Å². The molecule has 178 valence electrons. The molecule has 0 aliphatic carbocycles. The fraction of sp³-hybridized carbons (Fsp3) is 0.435. The van der Waals surface area contributed by atoms with Crippen LogP contribution in [0.5, 0.6) is 0 Å². The van der Waals surface area contributed by atoms with E-state index in [9.17, 15) is 9.59 Å². The molecule has 0 unspecified atom stereocenters. The summed E-state index contributed by atoms with van der Waals surface area (Å²) >= 11 is 0. The Morgan fingerprint density at radius 2 is 2.15 bits per heavy atom. The third kappa shape index (κ3) is 6.32. The van der Waals surface area contributed by atoms with E-state index in [0.29, 0.717) is 6.61 Å². The Labute approximate surface area is 192 Å². The fourth-order valence-electron chi connectivity index (χ4n) is 3.44. The van der Waals surface area contributed by atoms with Crippen LogP contribution >= 0.6 is 0 Å². The van der Waals surface area contributed by atoms with Gasteiger partial charge in [0.05, 0.1) is 24.8 Å². The van der Waals surface area contributed by atoms with Crippen molar-refractivity contribution in [1.82, 2.24) is 15.6 Å². The average Bonchev–Trinajstić information content (AvgIpc) is 3.17. The van der Waals surface area contributed by atoms with Crippen LogP contribution in [-0.4, -0.2) is 49.9 Å². The summed E-state index contributed by atoms with van der Waals surface area (Å²) < 4.78 is 25.4. The first-order valence-electron chi connectivity index (χ1n) is 10.9. The quantitative estimate of drug-likeness (QED) is 0.381. The van der Waals surface area contributed by atoms with Crippen LogP contribution in [0, 0.1) is 12.7 Å². The van der Waals surface area contributed by atoms with Crippen molar-refractivity contribution in [1.29, 1.82) is 0 Å². The Balaban J connectivity index is 1.77. The second kappa shape index (κ2) is 11.5. The highest BCUT2D eigenvalue weighted by atomic mass is 19.1. The zero-order valence-corrected chi connectivity index (χ0v) is 19.1. The summed E-state index contributed by atoms with van der Waals surface area (Å²) in [7, 11) is 1.51. The SMILES string of the molecule is CCCCOC(=O)N[C@H](CNc1nc(Nc2cccc(C)c2)c2c(c1F)CNC2=O)COC. The van der Waals surface area contributed by atoms with Crippen LogP contribution in [-0.2, 0) is 16.0 Å². The first-order chi connectivity index (χ1) is 15.9.